The van der Waals surface area contributed by atoms with Crippen molar-refractivity contribution in [3.8, 4) is 39.1 Å². The Kier molecular flexibility index (Phi) is 11.0. The Morgan fingerprint density at radius 1 is 0.349 bits per heavy atom. The van der Waals surface area contributed by atoms with E-state index in [-0.39, 0.29) is 13.5 Å². The molecule has 0 saturated heterocycles. The first-order chi connectivity index (χ1) is 30.7. The third-order valence-corrected chi connectivity index (χ3v) is 15.3. The van der Waals surface area contributed by atoms with E-state index < -0.39 is 0 Å². The second-order valence-corrected chi connectivity index (χ2v) is 19.1. The first-order valence-electron chi connectivity index (χ1n) is 24.1. The maximum Gasteiger partial charge on any atom is 0.143 e. The SMILES string of the molecule is S.c1cc(-c2cc(-c3cccc(C4CCCCC4)c3)c3oc4c(-c5cccc(C6CCCCC6)c5)cc(-n5c6ccccc6c6ccccc65)cc4c3c2)cc(C2CCCCC2)c1. The van der Waals surface area contributed by atoms with Crippen LogP contribution in [0, 0.1) is 0 Å². The molecule has 9 aromatic rings. The van der Waals surface area contributed by atoms with Gasteiger partial charge in [-0.25, -0.2) is 0 Å². The summed E-state index contributed by atoms with van der Waals surface area (Å²) in [4.78, 5) is 0. The summed E-state index contributed by atoms with van der Waals surface area (Å²) in [5.41, 5.74) is 17.4. The predicted molar refractivity (Wildman–Crippen MR) is 272 cm³/mol. The highest BCUT2D eigenvalue weighted by Gasteiger charge is 2.24. The molecule has 63 heavy (non-hydrogen) atoms. The highest BCUT2D eigenvalue weighted by atomic mass is 32.1. The summed E-state index contributed by atoms with van der Waals surface area (Å²) in [7, 11) is 0. The summed E-state index contributed by atoms with van der Waals surface area (Å²) in [6, 6.07) is 56.1. The molecule has 3 fully saturated rings. The zero-order valence-electron chi connectivity index (χ0n) is 36.6. The molecule has 2 nitrogen and oxygen atoms in total. The molecule has 12 rings (SSSR count). The lowest BCUT2D eigenvalue weighted by Crippen LogP contribution is -2.04. The van der Waals surface area contributed by atoms with Gasteiger partial charge in [0.15, 0.2) is 0 Å². The molecule has 0 unspecified atom stereocenters. The van der Waals surface area contributed by atoms with Gasteiger partial charge in [-0.15, -0.1) is 0 Å². The van der Waals surface area contributed by atoms with Crippen molar-refractivity contribution in [2.75, 3.05) is 0 Å². The van der Waals surface area contributed by atoms with E-state index in [1.165, 1.54) is 179 Å². The predicted octanol–water partition coefficient (Wildman–Crippen LogP) is 17.9. The molecular weight excluding hydrogens is 783 g/mol. The van der Waals surface area contributed by atoms with E-state index in [1.54, 1.807) is 0 Å². The Morgan fingerprint density at radius 2 is 0.778 bits per heavy atom. The van der Waals surface area contributed by atoms with Gasteiger partial charge in [-0.3, -0.25) is 0 Å². The first kappa shape index (κ1) is 40.3. The quantitative estimate of drug-likeness (QED) is 0.156. The van der Waals surface area contributed by atoms with Crippen LogP contribution in [0.2, 0.25) is 0 Å². The number of fused-ring (bicyclic) bond motifs is 6. The van der Waals surface area contributed by atoms with Gasteiger partial charge < -0.3 is 8.98 Å². The monoisotopic (exact) mass is 841 g/mol. The molecule has 0 N–H and O–H groups in total. The number of para-hydroxylation sites is 2. The molecule has 7 aromatic carbocycles. The Bertz CT molecular complexity index is 3040. The second-order valence-electron chi connectivity index (χ2n) is 19.1. The van der Waals surface area contributed by atoms with Gasteiger partial charge in [0.05, 0.1) is 11.0 Å². The number of furan rings is 1. The summed E-state index contributed by atoms with van der Waals surface area (Å²) >= 11 is 0. The van der Waals surface area contributed by atoms with Crippen LogP contribution in [-0.4, -0.2) is 4.57 Å². The zero-order valence-corrected chi connectivity index (χ0v) is 37.6. The van der Waals surface area contributed by atoms with Crippen LogP contribution in [0.15, 0.2) is 150 Å². The average molecular weight is 842 g/mol. The minimum Gasteiger partial charge on any atom is -0.455 e. The minimum absolute atomic E-state index is 0. The largest absolute Gasteiger partial charge is 0.455 e. The Labute approximate surface area is 379 Å². The van der Waals surface area contributed by atoms with Crippen molar-refractivity contribution in [1.29, 1.82) is 0 Å². The Morgan fingerprint density at radius 3 is 1.29 bits per heavy atom. The summed E-state index contributed by atoms with van der Waals surface area (Å²) in [6.45, 7) is 0. The van der Waals surface area contributed by atoms with Gasteiger partial charge in [0.25, 0.3) is 0 Å². The van der Waals surface area contributed by atoms with Gasteiger partial charge in [-0.2, -0.15) is 13.5 Å². The molecule has 0 atom stereocenters. The van der Waals surface area contributed by atoms with Gasteiger partial charge in [-0.05, 0) is 132 Å². The highest BCUT2D eigenvalue weighted by Crippen LogP contribution is 2.47. The van der Waals surface area contributed by atoms with E-state index >= 15 is 0 Å². The second kappa shape index (κ2) is 17.2. The van der Waals surface area contributed by atoms with Crippen molar-refractivity contribution < 1.29 is 4.42 Å². The van der Waals surface area contributed by atoms with Crippen molar-refractivity contribution in [3.05, 3.63) is 162 Å². The fourth-order valence-electron chi connectivity index (χ4n) is 12.1. The Balaban J connectivity index is 0.00000444. The van der Waals surface area contributed by atoms with E-state index in [9.17, 15) is 0 Å². The van der Waals surface area contributed by atoms with E-state index in [4.69, 9.17) is 4.42 Å². The van der Waals surface area contributed by atoms with Crippen LogP contribution in [0.25, 0.3) is 82.8 Å². The molecule has 0 amide bonds. The standard InChI is InChI=1S/C60H57NO.H2S/c1-4-17-40(18-5-1)43-23-14-26-46(33-43)49-36-53(47-27-15-24-44(34-47)41-19-6-2-7-20-41)59-55(37-49)56-39-50(61-57-31-12-10-29-51(57)52-30-11-13-32-58(52)61)38-54(60(56)62-59)48-28-16-25-45(35-48)42-21-8-3-9-22-42;/h10-16,23-42H,1-9,17-22H2;1H2. The smallest absolute Gasteiger partial charge is 0.143 e. The fraction of sp³-hybridized carbons (Fsp3) is 0.300. The maximum atomic E-state index is 7.44. The molecule has 0 spiro atoms. The van der Waals surface area contributed by atoms with Gasteiger partial charge in [0.2, 0.25) is 0 Å². The topological polar surface area (TPSA) is 18.1 Å². The number of nitrogens with zero attached hydrogens (tertiary/aromatic N) is 1. The molecule has 0 aliphatic heterocycles. The molecule has 0 bridgehead atoms. The Hall–Kier alpha value is -5.51. The van der Waals surface area contributed by atoms with Gasteiger partial charge in [0.1, 0.15) is 11.2 Å². The number of rotatable bonds is 7. The highest BCUT2D eigenvalue weighted by molar-refractivity contribution is 7.59. The molecule has 3 aliphatic rings. The van der Waals surface area contributed by atoms with E-state index in [0.717, 1.165) is 16.7 Å². The van der Waals surface area contributed by atoms with Crippen LogP contribution in [0.4, 0.5) is 0 Å². The minimum atomic E-state index is 0. The van der Waals surface area contributed by atoms with Crippen LogP contribution in [0.3, 0.4) is 0 Å². The first-order valence-corrected chi connectivity index (χ1v) is 24.1. The van der Waals surface area contributed by atoms with Crippen molar-refractivity contribution >= 4 is 57.2 Å². The lowest BCUT2D eigenvalue weighted by atomic mass is 9.82. The molecular formula is C60H59NOS. The van der Waals surface area contributed by atoms with Gasteiger partial charge in [-0.1, -0.05) is 167 Å². The fourth-order valence-corrected chi connectivity index (χ4v) is 12.1. The summed E-state index contributed by atoms with van der Waals surface area (Å²) in [5.74, 6) is 1.89. The van der Waals surface area contributed by atoms with Crippen LogP contribution in [-0.2, 0) is 0 Å². The molecule has 2 heterocycles. The van der Waals surface area contributed by atoms with E-state index in [1.807, 2.05) is 0 Å². The van der Waals surface area contributed by atoms with Crippen molar-refractivity contribution in [2.45, 2.75) is 114 Å². The van der Waals surface area contributed by atoms with Crippen LogP contribution >= 0.6 is 13.5 Å². The third kappa shape index (κ3) is 7.41. The third-order valence-electron chi connectivity index (χ3n) is 15.3. The van der Waals surface area contributed by atoms with Crippen molar-refractivity contribution in [2.24, 2.45) is 0 Å². The molecule has 2 aromatic heterocycles. The lowest BCUT2D eigenvalue weighted by molar-refractivity contribution is 0.443. The number of benzene rings is 7. The van der Waals surface area contributed by atoms with Gasteiger partial charge >= 0.3 is 0 Å². The summed E-state index contributed by atoms with van der Waals surface area (Å²) in [6.07, 6.45) is 19.8. The van der Waals surface area contributed by atoms with Crippen LogP contribution < -0.4 is 0 Å². The number of hydrogen-bond donors (Lipinski definition) is 0. The normalized spacial score (nSPS) is 16.9. The molecule has 3 saturated carbocycles. The number of hydrogen-bond acceptors (Lipinski definition) is 1. The van der Waals surface area contributed by atoms with Crippen LogP contribution in [0.1, 0.15) is 131 Å². The summed E-state index contributed by atoms with van der Waals surface area (Å²) in [5, 5.41) is 4.92. The average Bonchev–Trinajstić information content (AvgIpc) is 3.90. The zero-order chi connectivity index (χ0) is 41.0. The van der Waals surface area contributed by atoms with E-state index in [0.29, 0.717) is 17.8 Å². The van der Waals surface area contributed by atoms with Crippen molar-refractivity contribution in [1.82, 2.24) is 4.57 Å². The molecule has 316 valence electrons. The maximum absolute atomic E-state index is 7.44. The lowest BCUT2D eigenvalue weighted by Gasteiger charge is -2.23. The van der Waals surface area contributed by atoms with Gasteiger partial charge in [0, 0.05) is 38.4 Å². The summed E-state index contributed by atoms with van der Waals surface area (Å²) < 4.78 is 9.93. The molecule has 3 aliphatic carbocycles. The molecule has 0 radical (unpaired) electrons. The van der Waals surface area contributed by atoms with Crippen LogP contribution in [0.5, 0.6) is 0 Å². The van der Waals surface area contributed by atoms with E-state index in [2.05, 4.69) is 150 Å². The molecule has 3 heteroatoms. The van der Waals surface area contributed by atoms with Crippen molar-refractivity contribution in [3.63, 3.8) is 0 Å². The number of aromatic nitrogens is 1.